The Hall–Kier alpha value is -3.10. The number of anilines is 1. The zero-order valence-electron chi connectivity index (χ0n) is 18.3. The molecule has 0 saturated heterocycles. The van der Waals surface area contributed by atoms with E-state index in [0.29, 0.717) is 41.8 Å². The van der Waals surface area contributed by atoms with Crippen LogP contribution in [0.1, 0.15) is 32.3 Å². The van der Waals surface area contributed by atoms with Crippen molar-refractivity contribution in [1.82, 2.24) is 14.5 Å². The summed E-state index contributed by atoms with van der Waals surface area (Å²) in [5.74, 6) is 0.465. The minimum absolute atomic E-state index is 0.0281. The molecule has 0 aliphatic rings. The van der Waals surface area contributed by atoms with Gasteiger partial charge >= 0.3 is 0 Å². The summed E-state index contributed by atoms with van der Waals surface area (Å²) in [5, 5.41) is 13.8. The molecule has 2 N–H and O–H groups in total. The lowest BCUT2D eigenvalue weighted by molar-refractivity contribution is -0.122. The van der Waals surface area contributed by atoms with Gasteiger partial charge in [0, 0.05) is 32.7 Å². The number of aromatic nitrogens is 3. The highest BCUT2D eigenvalue weighted by Gasteiger charge is 2.17. The van der Waals surface area contributed by atoms with E-state index in [1.54, 1.807) is 27.0 Å². The number of aryl methyl sites for hydroxylation is 1. The third-order valence-corrected chi connectivity index (χ3v) is 5.02. The van der Waals surface area contributed by atoms with E-state index < -0.39 is 5.60 Å². The molecule has 1 aromatic carbocycles. The summed E-state index contributed by atoms with van der Waals surface area (Å²) in [4.78, 5) is 33.5. The van der Waals surface area contributed by atoms with Gasteiger partial charge in [-0.25, -0.2) is 9.97 Å². The van der Waals surface area contributed by atoms with Crippen LogP contribution in [0.2, 0.25) is 0 Å². The van der Waals surface area contributed by atoms with Crippen molar-refractivity contribution in [3.63, 3.8) is 0 Å². The van der Waals surface area contributed by atoms with Gasteiger partial charge < -0.3 is 19.7 Å². The number of carbonyl (C=O) groups excluding carboxylic acids is 1. The van der Waals surface area contributed by atoms with Crippen LogP contribution < -0.4 is 10.9 Å². The second-order valence-corrected chi connectivity index (χ2v) is 8.05. The molecule has 0 radical (unpaired) electrons. The van der Waals surface area contributed by atoms with Crippen LogP contribution in [0.4, 0.5) is 5.82 Å². The maximum absolute atomic E-state index is 12.7. The molecule has 2 aromatic heterocycles. The first-order chi connectivity index (χ1) is 14.7. The van der Waals surface area contributed by atoms with Crippen molar-refractivity contribution in [1.29, 1.82) is 0 Å². The Morgan fingerprint density at radius 1 is 1.26 bits per heavy atom. The normalized spacial score (nSPS) is 11.6. The van der Waals surface area contributed by atoms with Crippen molar-refractivity contribution in [2.75, 3.05) is 25.6 Å². The Kier molecular flexibility index (Phi) is 6.82. The van der Waals surface area contributed by atoms with Crippen LogP contribution in [0, 0.1) is 0 Å². The Morgan fingerprint density at radius 3 is 2.61 bits per heavy atom. The van der Waals surface area contributed by atoms with Crippen LogP contribution in [-0.4, -0.2) is 45.7 Å². The highest BCUT2D eigenvalue weighted by molar-refractivity contribution is 5.91. The monoisotopic (exact) mass is 424 g/mol. The lowest BCUT2D eigenvalue weighted by Gasteiger charge is -2.18. The van der Waals surface area contributed by atoms with Crippen molar-refractivity contribution < 1.29 is 14.6 Å². The quantitative estimate of drug-likeness (QED) is 0.509. The highest BCUT2D eigenvalue weighted by atomic mass is 16.5. The molecular weight excluding hydrogens is 396 g/mol. The molecule has 0 bridgehead atoms. The number of carbonyl (C=O) groups is 1. The second-order valence-electron chi connectivity index (χ2n) is 8.05. The number of ether oxygens (including phenoxy) is 1. The minimum atomic E-state index is -0.934. The number of pyridine rings is 1. The van der Waals surface area contributed by atoms with Crippen molar-refractivity contribution in [2.45, 2.75) is 32.3 Å². The summed E-state index contributed by atoms with van der Waals surface area (Å²) in [5.41, 5.74) is 1.71. The number of aliphatic hydroxyl groups is 1. The molecule has 0 atom stereocenters. The van der Waals surface area contributed by atoms with E-state index in [2.05, 4.69) is 15.3 Å². The Balaban J connectivity index is 1.94. The van der Waals surface area contributed by atoms with Gasteiger partial charge in [-0.1, -0.05) is 24.3 Å². The number of hydrogen-bond acceptors (Lipinski definition) is 7. The van der Waals surface area contributed by atoms with E-state index in [0.717, 1.165) is 11.1 Å². The number of nitrogens with zero attached hydrogens (tertiary/aromatic N) is 3. The molecule has 3 rings (SSSR count). The fourth-order valence-electron chi connectivity index (χ4n) is 3.27. The summed E-state index contributed by atoms with van der Waals surface area (Å²) < 4.78 is 6.26. The number of methoxy groups -OCH3 is 1. The van der Waals surface area contributed by atoms with Crippen molar-refractivity contribution in [2.24, 2.45) is 7.05 Å². The van der Waals surface area contributed by atoms with E-state index in [4.69, 9.17) is 4.74 Å². The second kappa shape index (κ2) is 9.36. The Morgan fingerprint density at radius 2 is 1.97 bits per heavy atom. The molecule has 2 heterocycles. The Bertz CT molecular complexity index is 1130. The maximum Gasteiger partial charge on any atom is 0.264 e. The average Bonchev–Trinajstić information content (AvgIpc) is 2.73. The molecule has 0 amide bonds. The third-order valence-electron chi connectivity index (χ3n) is 5.02. The SMILES string of the molecule is COCC(=O)CCCNc1nc(-c2ccc(C(C)(C)O)cc2)cc2ncn(C)c(=O)c12. The zero-order valence-corrected chi connectivity index (χ0v) is 18.3. The van der Waals surface area contributed by atoms with E-state index in [-0.39, 0.29) is 17.9 Å². The fourth-order valence-corrected chi connectivity index (χ4v) is 3.27. The summed E-state index contributed by atoms with van der Waals surface area (Å²) in [6, 6.07) is 9.26. The number of fused-ring (bicyclic) bond motifs is 1. The summed E-state index contributed by atoms with van der Waals surface area (Å²) in [6.45, 7) is 4.04. The van der Waals surface area contributed by atoms with Crippen LogP contribution >= 0.6 is 0 Å². The van der Waals surface area contributed by atoms with E-state index in [1.807, 2.05) is 24.3 Å². The van der Waals surface area contributed by atoms with Gasteiger partial charge in [0.05, 0.1) is 23.1 Å². The van der Waals surface area contributed by atoms with Gasteiger partial charge in [0.1, 0.15) is 17.8 Å². The molecule has 0 unspecified atom stereocenters. The molecular formula is C23H28N4O4. The van der Waals surface area contributed by atoms with Gasteiger partial charge in [0.25, 0.3) is 5.56 Å². The summed E-state index contributed by atoms with van der Waals surface area (Å²) >= 11 is 0. The molecule has 0 saturated carbocycles. The standard InChI is InChI=1S/C23H28N4O4/c1-23(2,30)16-9-7-15(8-10-16)18-12-19-20(22(29)27(3)14-25-19)21(26-18)24-11-5-6-17(28)13-31-4/h7-10,12,14,30H,5-6,11,13H2,1-4H3,(H,24,26). The predicted octanol–water partition coefficient (Wildman–Crippen LogP) is 2.63. The zero-order chi connectivity index (χ0) is 22.6. The van der Waals surface area contributed by atoms with Crippen LogP contribution in [0.5, 0.6) is 0 Å². The van der Waals surface area contributed by atoms with Gasteiger partial charge in [-0.05, 0) is 31.9 Å². The van der Waals surface area contributed by atoms with Gasteiger partial charge in [-0.15, -0.1) is 0 Å². The first-order valence-corrected chi connectivity index (χ1v) is 10.1. The van der Waals surface area contributed by atoms with Crippen LogP contribution in [0.3, 0.4) is 0 Å². The average molecular weight is 425 g/mol. The Labute approximate surface area is 180 Å². The van der Waals surface area contributed by atoms with Gasteiger partial charge in [0.15, 0.2) is 5.78 Å². The highest BCUT2D eigenvalue weighted by Crippen LogP contribution is 2.27. The van der Waals surface area contributed by atoms with Crippen LogP contribution in [-0.2, 0) is 22.2 Å². The molecule has 8 nitrogen and oxygen atoms in total. The minimum Gasteiger partial charge on any atom is -0.386 e. The smallest absolute Gasteiger partial charge is 0.264 e. The molecule has 0 aliphatic carbocycles. The van der Waals surface area contributed by atoms with Gasteiger partial charge in [0.2, 0.25) is 0 Å². The molecule has 0 aliphatic heterocycles. The summed E-state index contributed by atoms with van der Waals surface area (Å²) in [7, 11) is 3.14. The topological polar surface area (TPSA) is 106 Å². The molecule has 8 heteroatoms. The largest absolute Gasteiger partial charge is 0.386 e. The third kappa shape index (κ3) is 5.34. The van der Waals surface area contributed by atoms with Crippen molar-refractivity contribution in [3.8, 4) is 11.3 Å². The molecule has 0 spiro atoms. The first kappa shape index (κ1) is 22.6. The molecule has 3 aromatic rings. The molecule has 31 heavy (non-hydrogen) atoms. The lowest BCUT2D eigenvalue weighted by atomic mass is 9.96. The predicted molar refractivity (Wildman–Crippen MR) is 120 cm³/mol. The fraction of sp³-hybridized carbons (Fsp3) is 0.391. The first-order valence-electron chi connectivity index (χ1n) is 10.1. The van der Waals surface area contributed by atoms with E-state index >= 15 is 0 Å². The number of rotatable bonds is 9. The van der Waals surface area contributed by atoms with Gasteiger partial charge in [-0.2, -0.15) is 0 Å². The number of nitrogens with one attached hydrogen (secondary N) is 1. The van der Waals surface area contributed by atoms with Crippen LogP contribution in [0.15, 0.2) is 41.5 Å². The maximum atomic E-state index is 12.7. The number of hydrogen-bond donors (Lipinski definition) is 2. The lowest BCUT2D eigenvalue weighted by Crippen LogP contribution is -2.20. The molecule has 164 valence electrons. The number of benzene rings is 1. The number of Topliss-reactive ketones (excluding diaryl/α,β-unsaturated/α-hetero) is 1. The number of ketones is 1. The van der Waals surface area contributed by atoms with Crippen LogP contribution in [0.25, 0.3) is 22.2 Å². The van der Waals surface area contributed by atoms with E-state index in [9.17, 15) is 14.7 Å². The van der Waals surface area contributed by atoms with Crippen molar-refractivity contribution >= 4 is 22.5 Å². The summed E-state index contributed by atoms with van der Waals surface area (Å²) in [6.07, 6.45) is 2.46. The van der Waals surface area contributed by atoms with Crippen molar-refractivity contribution in [3.05, 3.63) is 52.6 Å². The van der Waals surface area contributed by atoms with Gasteiger partial charge in [-0.3, -0.25) is 9.59 Å². The molecule has 0 fully saturated rings. The van der Waals surface area contributed by atoms with E-state index in [1.165, 1.54) is 18.0 Å².